The Kier molecular flexibility index (Phi) is 5.10. The van der Waals surface area contributed by atoms with Gasteiger partial charge in [0.05, 0.1) is 12.7 Å². The van der Waals surface area contributed by atoms with Gasteiger partial charge in [-0.25, -0.2) is 0 Å². The molecular formula is C22H24N4O2. The molecule has 1 N–H and O–H groups in total. The first-order valence-corrected chi connectivity index (χ1v) is 9.67. The lowest BCUT2D eigenvalue weighted by Gasteiger charge is -2.20. The van der Waals surface area contributed by atoms with Crippen LogP contribution in [-0.2, 0) is 33.0 Å². The summed E-state index contributed by atoms with van der Waals surface area (Å²) in [5.41, 5.74) is 4.25. The van der Waals surface area contributed by atoms with E-state index in [-0.39, 0.29) is 17.0 Å². The largest absolute Gasteiger partial charge is 0.348 e. The smallest absolute Gasteiger partial charge is 0.263 e. The van der Waals surface area contributed by atoms with Gasteiger partial charge in [0.2, 0.25) is 0 Å². The van der Waals surface area contributed by atoms with E-state index in [0.717, 1.165) is 42.5 Å². The highest BCUT2D eigenvalue weighted by Crippen LogP contribution is 2.20. The molecule has 4 rings (SSSR count). The second-order valence-electron chi connectivity index (χ2n) is 7.32. The second kappa shape index (κ2) is 7.84. The van der Waals surface area contributed by atoms with Crippen molar-refractivity contribution in [2.45, 2.75) is 38.8 Å². The molecule has 1 aliphatic rings. The Bertz CT molecular complexity index is 1050. The summed E-state index contributed by atoms with van der Waals surface area (Å²) in [6, 6.07) is 11.9. The zero-order chi connectivity index (χ0) is 19.5. The van der Waals surface area contributed by atoms with Crippen molar-refractivity contribution < 1.29 is 4.79 Å². The lowest BCUT2D eigenvalue weighted by molar-refractivity contribution is 0.0948. The molecule has 0 spiro atoms. The summed E-state index contributed by atoms with van der Waals surface area (Å²) in [5.74, 6) is -0.329. The molecule has 3 aromatic rings. The second-order valence-corrected chi connectivity index (χ2v) is 7.32. The zero-order valence-corrected chi connectivity index (χ0v) is 16.0. The van der Waals surface area contributed by atoms with Crippen molar-refractivity contribution in [1.29, 1.82) is 0 Å². The number of hydrogen-bond donors (Lipinski definition) is 1. The molecule has 6 heteroatoms. The lowest BCUT2D eigenvalue weighted by atomic mass is 9.94. The van der Waals surface area contributed by atoms with Gasteiger partial charge in [0.1, 0.15) is 5.56 Å². The monoisotopic (exact) mass is 376 g/mol. The number of aromatic nitrogens is 3. The van der Waals surface area contributed by atoms with Gasteiger partial charge in [-0.05, 0) is 42.9 Å². The van der Waals surface area contributed by atoms with Crippen LogP contribution in [0, 0.1) is 0 Å². The van der Waals surface area contributed by atoms with Gasteiger partial charge in [-0.15, -0.1) is 0 Å². The number of carbonyl (C=O) groups is 1. The molecule has 0 saturated carbocycles. The average Bonchev–Trinajstić information content (AvgIpc) is 3.17. The third kappa shape index (κ3) is 3.76. The third-order valence-corrected chi connectivity index (χ3v) is 5.31. The summed E-state index contributed by atoms with van der Waals surface area (Å²) >= 11 is 0. The molecule has 0 bridgehead atoms. The van der Waals surface area contributed by atoms with Crippen LogP contribution in [0.4, 0.5) is 0 Å². The van der Waals surface area contributed by atoms with Crippen molar-refractivity contribution in [1.82, 2.24) is 19.7 Å². The molecule has 0 radical (unpaired) electrons. The number of fused-ring (bicyclic) bond motifs is 1. The summed E-state index contributed by atoms with van der Waals surface area (Å²) in [7, 11) is 1.76. The SMILES string of the molecule is Cn1c2c(cc(C(=O)NCc3cnn(Cc4ccccc4)c3)c1=O)CCCC2. The maximum Gasteiger partial charge on any atom is 0.263 e. The number of benzene rings is 1. The third-order valence-electron chi connectivity index (χ3n) is 5.31. The predicted molar refractivity (Wildman–Crippen MR) is 107 cm³/mol. The van der Waals surface area contributed by atoms with E-state index >= 15 is 0 Å². The predicted octanol–water partition coefficient (Wildman–Crippen LogP) is 2.44. The number of rotatable bonds is 5. The Labute approximate surface area is 163 Å². The number of carbonyl (C=O) groups excluding carboxylic acids is 1. The van der Waals surface area contributed by atoms with Gasteiger partial charge in [0.25, 0.3) is 11.5 Å². The Morgan fingerprint density at radius 3 is 2.75 bits per heavy atom. The van der Waals surface area contributed by atoms with Gasteiger partial charge in [0.15, 0.2) is 0 Å². The van der Waals surface area contributed by atoms with Crippen molar-refractivity contribution in [3.8, 4) is 0 Å². The van der Waals surface area contributed by atoms with Gasteiger partial charge in [-0.2, -0.15) is 5.10 Å². The molecule has 0 atom stereocenters. The van der Waals surface area contributed by atoms with Crippen LogP contribution in [0.15, 0.2) is 53.6 Å². The van der Waals surface area contributed by atoms with E-state index < -0.39 is 0 Å². The number of hydrogen-bond acceptors (Lipinski definition) is 3. The molecule has 28 heavy (non-hydrogen) atoms. The molecular weight excluding hydrogens is 352 g/mol. The molecule has 1 aromatic carbocycles. The number of aryl methyl sites for hydroxylation is 1. The molecule has 6 nitrogen and oxygen atoms in total. The summed E-state index contributed by atoms with van der Waals surface area (Å²) in [6.07, 6.45) is 7.69. The molecule has 2 heterocycles. The Morgan fingerprint density at radius 2 is 1.93 bits per heavy atom. The van der Waals surface area contributed by atoms with Crippen LogP contribution >= 0.6 is 0 Å². The van der Waals surface area contributed by atoms with E-state index in [0.29, 0.717) is 13.1 Å². The van der Waals surface area contributed by atoms with Crippen LogP contribution in [-0.4, -0.2) is 20.3 Å². The van der Waals surface area contributed by atoms with Gasteiger partial charge in [-0.3, -0.25) is 14.3 Å². The van der Waals surface area contributed by atoms with Crippen LogP contribution in [0.3, 0.4) is 0 Å². The maximum absolute atomic E-state index is 12.6. The Morgan fingerprint density at radius 1 is 1.14 bits per heavy atom. The standard InChI is InChI=1S/C22H24N4O2/c1-25-20-10-6-5-9-18(20)11-19(22(25)28)21(27)23-12-17-13-24-26(15-17)14-16-7-3-2-4-8-16/h2-4,7-8,11,13,15H,5-6,9-10,12,14H2,1H3,(H,23,27). The summed E-state index contributed by atoms with van der Waals surface area (Å²) in [5, 5.41) is 7.21. The Balaban J connectivity index is 1.44. The topological polar surface area (TPSA) is 68.9 Å². The lowest BCUT2D eigenvalue weighted by Crippen LogP contribution is -2.34. The van der Waals surface area contributed by atoms with Crippen molar-refractivity contribution in [2.75, 3.05) is 0 Å². The number of amides is 1. The average molecular weight is 376 g/mol. The summed E-state index contributed by atoms with van der Waals surface area (Å²) in [6.45, 7) is 1.02. The normalized spacial score (nSPS) is 13.2. The number of nitrogens with one attached hydrogen (secondary N) is 1. The molecule has 1 aliphatic carbocycles. The van der Waals surface area contributed by atoms with Crippen molar-refractivity contribution in [3.05, 3.63) is 87.1 Å². The number of nitrogens with zero attached hydrogens (tertiary/aromatic N) is 3. The van der Waals surface area contributed by atoms with Crippen molar-refractivity contribution in [3.63, 3.8) is 0 Å². The van der Waals surface area contributed by atoms with Crippen LogP contribution in [0.2, 0.25) is 0 Å². The first-order valence-electron chi connectivity index (χ1n) is 9.67. The molecule has 0 aliphatic heterocycles. The van der Waals surface area contributed by atoms with Gasteiger partial charge < -0.3 is 9.88 Å². The van der Waals surface area contributed by atoms with E-state index in [1.54, 1.807) is 23.9 Å². The van der Waals surface area contributed by atoms with Crippen molar-refractivity contribution in [2.24, 2.45) is 7.05 Å². The van der Waals surface area contributed by atoms with Crippen LogP contribution in [0.5, 0.6) is 0 Å². The van der Waals surface area contributed by atoms with Gasteiger partial charge in [-0.1, -0.05) is 30.3 Å². The van der Waals surface area contributed by atoms with E-state index in [1.165, 1.54) is 5.56 Å². The highest BCUT2D eigenvalue weighted by atomic mass is 16.2. The van der Waals surface area contributed by atoms with Crippen LogP contribution in [0.1, 0.15) is 45.6 Å². The molecule has 1 amide bonds. The van der Waals surface area contributed by atoms with E-state index in [2.05, 4.69) is 22.5 Å². The van der Waals surface area contributed by atoms with Gasteiger partial charge in [0, 0.05) is 31.0 Å². The maximum atomic E-state index is 12.6. The van der Waals surface area contributed by atoms with Crippen LogP contribution < -0.4 is 10.9 Å². The van der Waals surface area contributed by atoms with E-state index in [1.807, 2.05) is 29.1 Å². The summed E-state index contributed by atoms with van der Waals surface area (Å²) < 4.78 is 3.48. The molecule has 0 fully saturated rings. The fourth-order valence-corrected chi connectivity index (χ4v) is 3.79. The highest BCUT2D eigenvalue weighted by molar-refractivity contribution is 5.94. The minimum atomic E-state index is -0.329. The van der Waals surface area contributed by atoms with Crippen molar-refractivity contribution >= 4 is 5.91 Å². The fraction of sp³-hybridized carbons (Fsp3) is 0.318. The van der Waals surface area contributed by atoms with E-state index in [9.17, 15) is 9.59 Å². The van der Waals surface area contributed by atoms with Gasteiger partial charge >= 0.3 is 0 Å². The first-order chi connectivity index (χ1) is 13.6. The summed E-state index contributed by atoms with van der Waals surface area (Å²) in [4.78, 5) is 25.2. The highest BCUT2D eigenvalue weighted by Gasteiger charge is 2.19. The number of pyridine rings is 1. The fourth-order valence-electron chi connectivity index (χ4n) is 3.79. The Hall–Kier alpha value is -3.15. The van der Waals surface area contributed by atoms with Crippen LogP contribution in [0.25, 0.3) is 0 Å². The molecule has 2 aromatic heterocycles. The molecule has 144 valence electrons. The quantitative estimate of drug-likeness (QED) is 0.744. The molecule has 0 unspecified atom stereocenters. The zero-order valence-electron chi connectivity index (χ0n) is 16.0. The minimum absolute atomic E-state index is 0.222. The molecule has 0 saturated heterocycles. The van der Waals surface area contributed by atoms with E-state index in [4.69, 9.17) is 0 Å². The first kappa shape index (κ1) is 18.2. The minimum Gasteiger partial charge on any atom is -0.348 e.